The third kappa shape index (κ3) is 5.70. The average Bonchev–Trinajstić information content (AvgIpc) is 3.23. The topological polar surface area (TPSA) is 17.8 Å². The van der Waals surface area contributed by atoms with Crippen LogP contribution in [0.2, 0.25) is 0 Å². The monoisotopic (exact) mass is 314 g/mol. The SMILES string of the molecule is CC.CCC1CC1.Cc1cccc2c1cnn2CC(F)(F)F. The Balaban J connectivity index is 0.000000289. The first-order chi connectivity index (χ1) is 10.4. The maximum absolute atomic E-state index is 12.2. The average molecular weight is 314 g/mol. The van der Waals surface area contributed by atoms with E-state index in [4.69, 9.17) is 0 Å². The largest absolute Gasteiger partial charge is 0.408 e. The zero-order valence-corrected chi connectivity index (χ0v) is 13.7. The number of halogens is 3. The van der Waals surface area contributed by atoms with Crippen molar-refractivity contribution >= 4 is 10.9 Å². The zero-order valence-electron chi connectivity index (χ0n) is 13.7. The van der Waals surface area contributed by atoms with Crippen LogP contribution in [-0.4, -0.2) is 16.0 Å². The second-order valence-corrected chi connectivity index (χ2v) is 5.28. The van der Waals surface area contributed by atoms with Crippen molar-refractivity contribution in [1.82, 2.24) is 9.78 Å². The number of alkyl halides is 3. The van der Waals surface area contributed by atoms with Gasteiger partial charge in [-0.1, -0.05) is 52.2 Å². The lowest BCUT2D eigenvalue weighted by molar-refractivity contribution is -0.141. The normalized spacial score (nSPS) is 14.0. The number of fused-ring (bicyclic) bond motifs is 1. The maximum Gasteiger partial charge on any atom is 0.408 e. The smallest absolute Gasteiger partial charge is 0.256 e. The van der Waals surface area contributed by atoms with Crippen LogP contribution in [0.15, 0.2) is 24.4 Å². The molecule has 5 heteroatoms. The fourth-order valence-electron chi connectivity index (χ4n) is 2.07. The van der Waals surface area contributed by atoms with E-state index in [1.165, 1.54) is 25.5 Å². The number of aromatic nitrogens is 2. The van der Waals surface area contributed by atoms with E-state index in [1.54, 1.807) is 12.1 Å². The molecule has 2 nitrogen and oxygen atoms in total. The van der Waals surface area contributed by atoms with Gasteiger partial charge in [0.2, 0.25) is 0 Å². The van der Waals surface area contributed by atoms with Crippen LogP contribution < -0.4 is 0 Å². The lowest BCUT2D eigenvalue weighted by atomic mass is 10.1. The number of hydrogen-bond acceptors (Lipinski definition) is 1. The van der Waals surface area contributed by atoms with Crippen LogP contribution in [0.1, 0.15) is 45.6 Å². The van der Waals surface area contributed by atoms with E-state index >= 15 is 0 Å². The number of rotatable bonds is 2. The van der Waals surface area contributed by atoms with Crippen molar-refractivity contribution in [2.75, 3.05) is 0 Å². The Morgan fingerprint density at radius 2 is 1.86 bits per heavy atom. The quantitative estimate of drug-likeness (QED) is 0.691. The van der Waals surface area contributed by atoms with Crippen LogP contribution in [0.5, 0.6) is 0 Å². The van der Waals surface area contributed by atoms with Gasteiger partial charge in [-0.3, -0.25) is 4.68 Å². The van der Waals surface area contributed by atoms with Gasteiger partial charge in [-0.2, -0.15) is 18.3 Å². The van der Waals surface area contributed by atoms with Gasteiger partial charge in [0.15, 0.2) is 0 Å². The molecule has 1 aliphatic rings. The van der Waals surface area contributed by atoms with Gasteiger partial charge in [0.1, 0.15) is 6.54 Å². The van der Waals surface area contributed by atoms with E-state index in [2.05, 4.69) is 12.0 Å². The summed E-state index contributed by atoms with van der Waals surface area (Å²) in [6, 6.07) is 5.22. The highest BCUT2D eigenvalue weighted by Crippen LogP contribution is 2.31. The molecule has 124 valence electrons. The van der Waals surface area contributed by atoms with E-state index < -0.39 is 12.7 Å². The van der Waals surface area contributed by atoms with Crippen LogP contribution >= 0.6 is 0 Å². The second kappa shape index (κ2) is 8.20. The van der Waals surface area contributed by atoms with Gasteiger partial charge in [-0.05, 0) is 24.5 Å². The van der Waals surface area contributed by atoms with E-state index in [0.717, 1.165) is 21.5 Å². The molecule has 1 saturated carbocycles. The molecule has 1 heterocycles. The predicted octanol–water partition coefficient (Wildman–Crippen LogP) is 5.74. The standard InChI is InChI=1S/C10H9F3N2.C5H10.C2H6/c1-7-3-2-4-9-8(7)5-14-15(9)6-10(11,12)13;1-2-5-3-4-5;1-2/h2-5H,6H2,1H3;5H,2-4H2,1H3;1-2H3. The highest BCUT2D eigenvalue weighted by atomic mass is 19.4. The van der Waals surface area contributed by atoms with Crippen molar-refractivity contribution in [3.8, 4) is 0 Å². The van der Waals surface area contributed by atoms with E-state index in [0.29, 0.717) is 5.52 Å². The molecule has 0 unspecified atom stereocenters. The molecule has 1 fully saturated rings. The third-order valence-electron chi connectivity index (χ3n) is 3.51. The fourth-order valence-corrected chi connectivity index (χ4v) is 2.07. The number of hydrogen-bond donors (Lipinski definition) is 0. The minimum Gasteiger partial charge on any atom is -0.256 e. The molecule has 0 N–H and O–H groups in total. The van der Waals surface area contributed by atoms with Crippen LogP contribution in [0, 0.1) is 12.8 Å². The molecular weight excluding hydrogens is 289 g/mol. The highest BCUT2D eigenvalue weighted by molar-refractivity contribution is 5.81. The van der Waals surface area contributed by atoms with Crippen molar-refractivity contribution in [2.24, 2.45) is 5.92 Å². The molecule has 0 bridgehead atoms. The number of benzene rings is 1. The zero-order chi connectivity index (χ0) is 16.8. The Bertz CT molecular complexity index is 569. The Morgan fingerprint density at radius 1 is 1.23 bits per heavy atom. The van der Waals surface area contributed by atoms with Crippen LogP contribution in [-0.2, 0) is 6.54 Å². The van der Waals surface area contributed by atoms with E-state index in [1.807, 2.05) is 26.8 Å². The summed E-state index contributed by atoms with van der Waals surface area (Å²) in [4.78, 5) is 0. The lowest BCUT2D eigenvalue weighted by Gasteiger charge is -2.07. The first-order valence-corrected chi connectivity index (χ1v) is 7.88. The first kappa shape index (κ1) is 18.5. The minimum atomic E-state index is -4.23. The van der Waals surface area contributed by atoms with Gasteiger partial charge in [-0.15, -0.1) is 0 Å². The summed E-state index contributed by atoms with van der Waals surface area (Å²) in [5, 5.41) is 4.50. The molecule has 1 aromatic carbocycles. The molecule has 0 spiro atoms. The van der Waals surface area contributed by atoms with Gasteiger partial charge in [0.25, 0.3) is 0 Å². The van der Waals surface area contributed by atoms with E-state index in [-0.39, 0.29) is 0 Å². The van der Waals surface area contributed by atoms with Crippen LogP contribution in [0.4, 0.5) is 13.2 Å². The molecule has 0 radical (unpaired) electrons. The third-order valence-corrected chi connectivity index (χ3v) is 3.51. The summed E-state index contributed by atoms with van der Waals surface area (Å²) < 4.78 is 37.5. The molecule has 1 aliphatic carbocycles. The Labute approximate surface area is 130 Å². The van der Waals surface area contributed by atoms with Gasteiger partial charge in [0.05, 0.1) is 11.7 Å². The summed E-state index contributed by atoms with van der Waals surface area (Å²) in [7, 11) is 0. The molecule has 2 aromatic rings. The Morgan fingerprint density at radius 3 is 2.32 bits per heavy atom. The number of aryl methyl sites for hydroxylation is 1. The molecule has 22 heavy (non-hydrogen) atoms. The fraction of sp³-hybridized carbons (Fsp3) is 0.588. The summed E-state index contributed by atoms with van der Waals surface area (Å²) in [5.41, 5.74) is 1.45. The summed E-state index contributed by atoms with van der Waals surface area (Å²) in [6.07, 6.45) is 1.67. The lowest BCUT2D eigenvalue weighted by Crippen LogP contribution is -2.18. The molecule has 1 aromatic heterocycles. The molecule has 0 amide bonds. The summed E-state index contributed by atoms with van der Waals surface area (Å²) in [6.45, 7) is 7.07. The van der Waals surface area contributed by atoms with Crippen molar-refractivity contribution in [3.05, 3.63) is 30.0 Å². The minimum absolute atomic E-state index is 0.521. The second-order valence-electron chi connectivity index (χ2n) is 5.28. The van der Waals surface area contributed by atoms with Gasteiger partial charge < -0.3 is 0 Å². The first-order valence-electron chi connectivity index (χ1n) is 7.88. The molecule has 0 aliphatic heterocycles. The van der Waals surface area contributed by atoms with Gasteiger partial charge in [-0.25, -0.2) is 0 Å². The Kier molecular flexibility index (Phi) is 6.91. The summed E-state index contributed by atoms with van der Waals surface area (Å²) >= 11 is 0. The van der Waals surface area contributed by atoms with Crippen molar-refractivity contribution in [3.63, 3.8) is 0 Å². The van der Waals surface area contributed by atoms with Gasteiger partial charge >= 0.3 is 6.18 Å². The van der Waals surface area contributed by atoms with Crippen LogP contribution in [0.25, 0.3) is 10.9 Å². The van der Waals surface area contributed by atoms with Gasteiger partial charge in [0, 0.05) is 5.39 Å². The molecule has 3 rings (SSSR count). The summed E-state index contributed by atoms with van der Waals surface area (Å²) in [5.74, 6) is 1.13. The predicted molar refractivity (Wildman–Crippen MR) is 84.9 cm³/mol. The Hall–Kier alpha value is -1.52. The van der Waals surface area contributed by atoms with Crippen LogP contribution in [0.3, 0.4) is 0 Å². The van der Waals surface area contributed by atoms with Crippen molar-refractivity contribution < 1.29 is 13.2 Å². The molecule has 0 saturated heterocycles. The maximum atomic E-state index is 12.2. The molecule has 0 atom stereocenters. The highest BCUT2D eigenvalue weighted by Gasteiger charge is 2.29. The van der Waals surface area contributed by atoms with E-state index in [9.17, 15) is 13.2 Å². The number of nitrogens with zero attached hydrogens (tertiary/aromatic N) is 2. The van der Waals surface area contributed by atoms with Crippen molar-refractivity contribution in [1.29, 1.82) is 0 Å². The van der Waals surface area contributed by atoms with Crippen molar-refractivity contribution in [2.45, 2.75) is 59.7 Å². The molecular formula is C17H25F3N2.